The standard InChI is InChI=1S/C15H23NOS/c1-3-7-15(8-4-1)18-14-13-17-12-11-16-9-5-2-6-10-16/h1,3-4,7-8H,2,5-6,9-14H2. The summed E-state index contributed by atoms with van der Waals surface area (Å²) in [7, 11) is 0. The summed E-state index contributed by atoms with van der Waals surface area (Å²) in [4.78, 5) is 3.85. The van der Waals surface area contributed by atoms with Crippen molar-refractivity contribution in [3.8, 4) is 0 Å². The second-order valence-electron chi connectivity index (χ2n) is 4.68. The zero-order chi connectivity index (χ0) is 12.5. The minimum absolute atomic E-state index is 0.855. The van der Waals surface area contributed by atoms with Gasteiger partial charge >= 0.3 is 0 Å². The van der Waals surface area contributed by atoms with Gasteiger partial charge in [0.05, 0.1) is 13.2 Å². The van der Waals surface area contributed by atoms with Gasteiger partial charge in [-0.05, 0) is 38.1 Å². The van der Waals surface area contributed by atoms with E-state index in [4.69, 9.17) is 4.74 Å². The second kappa shape index (κ2) is 8.57. The molecular formula is C15H23NOS. The predicted octanol–water partition coefficient (Wildman–Crippen LogP) is 3.28. The molecule has 1 saturated heterocycles. The number of ether oxygens (including phenoxy) is 1. The van der Waals surface area contributed by atoms with Crippen LogP contribution in [0.4, 0.5) is 0 Å². The maximum absolute atomic E-state index is 5.70. The Morgan fingerprint density at radius 3 is 2.56 bits per heavy atom. The lowest BCUT2D eigenvalue weighted by Crippen LogP contribution is -2.32. The van der Waals surface area contributed by atoms with E-state index in [1.807, 2.05) is 11.8 Å². The van der Waals surface area contributed by atoms with E-state index in [0.29, 0.717) is 0 Å². The summed E-state index contributed by atoms with van der Waals surface area (Å²) in [6.45, 7) is 5.38. The van der Waals surface area contributed by atoms with Crippen molar-refractivity contribution in [1.82, 2.24) is 4.90 Å². The number of nitrogens with zero attached hydrogens (tertiary/aromatic N) is 1. The third-order valence-electron chi connectivity index (χ3n) is 3.24. The zero-order valence-corrected chi connectivity index (χ0v) is 11.8. The van der Waals surface area contributed by atoms with Crippen LogP contribution < -0.4 is 0 Å². The third-order valence-corrected chi connectivity index (χ3v) is 4.22. The summed E-state index contributed by atoms with van der Waals surface area (Å²) in [6.07, 6.45) is 4.14. The van der Waals surface area contributed by atoms with Crippen molar-refractivity contribution in [2.24, 2.45) is 0 Å². The Morgan fingerprint density at radius 1 is 1.00 bits per heavy atom. The Labute approximate surface area is 115 Å². The number of hydrogen-bond donors (Lipinski definition) is 0. The van der Waals surface area contributed by atoms with Gasteiger partial charge in [-0.3, -0.25) is 0 Å². The molecule has 0 radical (unpaired) electrons. The molecule has 1 aliphatic rings. The van der Waals surface area contributed by atoms with Crippen LogP contribution in [0, 0.1) is 0 Å². The molecule has 2 nitrogen and oxygen atoms in total. The Hall–Kier alpha value is -0.510. The van der Waals surface area contributed by atoms with E-state index in [2.05, 4.69) is 35.2 Å². The van der Waals surface area contributed by atoms with E-state index in [9.17, 15) is 0 Å². The summed E-state index contributed by atoms with van der Waals surface area (Å²) < 4.78 is 5.70. The molecule has 1 heterocycles. The van der Waals surface area contributed by atoms with Crippen LogP contribution in [0.1, 0.15) is 19.3 Å². The highest BCUT2D eigenvalue weighted by Gasteiger charge is 2.08. The van der Waals surface area contributed by atoms with E-state index in [-0.39, 0.29) is 0 Å². The average Bonchev–Trinajstić information content (AvgIpc) is 2.45. The van der Waals surface area contributed by atoms with Crippen molar-refractivity contribution in [2.45, 2.75) is 24.2 Å². The number of piperidine rings is 1. The fraction of sp³-hybridized carbons (Fsp3) is 0.600. The van der Waals surface area contributed by atoms with Crippen LogP contribution in [0.15, 0.2) is 35.2 Å². The molecule has 100 valence electrons. The largest absolute Gasteiger partial charge is 0.379 e. The fourth-order valence-corrected chi connectivity index (χ4v) is 3.00. The Balaban J connectivity index is 1.46. The van der Waals surface area contributed by atoms with Crippen molar-refractivity contribution in [3.05, 3.63) is 30.3 Å². The summed E-state index contributed by atoms with van der Waals surface area (Å²) in [5.74, 6) is 1.05. The number of likely N-dealkylation sites (tertiary alicyclic amines) is 1. The number of rotatable bonds is 7. The summed E-state index contributed by atoms with van der Waals surface area (Å²) >= 11 is 1.87. The monoisotopic (exact) mass is 265 g/mol. The molecule has 1 aromatic carbocycles. The van der Waals surface area contributed by atoms with E-state index >= 15 is 0 Å². The van der Waals surface area contributed by atoms with Crippen molar-refractivity contribution in [3.63, 3.8) is 0 Å². The van der Waals surface area contributed by atoms with Crippen LogP contribution in [-0.4, -0.2) is 43.5 Å². The highest BCUT2D eigenvalue weighted by Crippen LogP contribution is 2.16. The topological polar surface area (TPSA) is 12.5 Å². The minimum Gasteiger partial charge on any atom is -0.379 e. The zero-order valence-electron chi connectivity index (χ0n) is 11.0. The molecule has 0 unspecified atom stereocenters. The first kappa shape index (κ1) is 13.9. The van der Waals surface area contributed by atoms with Crippen LogP contribution in [-0.2, 0) is 4.74 Å². The molecule has 0 spiro atoms. The lowest BCUT2D eigenvalue weighted by Gasteiger charge is -2.26. The van der Waals surface area contributed by atoms with Gasteiger partial charge in [-0.25, -0.2) is 0 Å². The first-order valence-corrected chi connectivity index (χ1v) is 7.92. The second-order valence-corrected chi connectivity index (χ2v) is 5.84. The van der Waals surface area contributed by atoms with Gasteiger partial charge in [-0.2, -0.15) is 0 Å². The fourth-order valence-electron chi connectivity index (χ4n) is 2.21. The van der Waals surface area contributed by atoms with Gasteiger partial charge in [0.15, 0.2) is 0 Å². The van der Waals surface area contributed by atoms with Crippen LogP contribution in [0.25, 0.3) is 0 Å². The molecule has 0 bridgehead atoms. The predicted molar refractivity (Wildman–Crippen MR) is 78.3 cm³/mol. The van der Waals surface area contributed by atoms with Gasteiger partial charge in [-0.15, -0.1) is 11.8 Å². The molecule has 1 aromatic rings. The summed E-state index contributed by atoms with van der Waals surface area (Å²) in [6, 6.07) is 10.5. The molecule has 0 aromatic heterocycles. The maximum Gasteiger partial charge on any atom is 0.0593 e. The van der Waals surface area contributed by atoms with Crippen LogP contribution in [0.2, 0.25) is 0 Å². The van der Waals surface area contributed by atoms with Crippen LogP contribution in [0.5, 0.6) is 0 Å². The van der Waals surface area contributed by atoms with Crippen LogP contribution >= 0.6 is 11.8 Å². The average molecular weight is 265 g/mol. The highest BCUT2D eigenvalue weighted by molar-refractivity contribution is 7.99. The van der Waals surface area contributed by atoms with E-state index in [0.717, 1.165) is 25.5 Å². The van der Waals surface area contributed by atoms with Gasteiger partial charge < -0.3 is 9.64 Å². The molecule has 18 heavy (non-hydrogen) atoms. The lowest BCUT2D eigenvalue weighted by molar-refractivity contribution is 0.107. The van der Waals surface area contributed by atoms with Gasteiger partial charge in [0, 0.05) is 17.2 Å². The van der Waals surface area contributed by atoms with Gasteiger partial charge in [0.1, 0.15) is 0 Å². The van der Waals surface area contributed by atoms with Crippen LogP contribution in [0.3, 0.4) is 0 Å². The quantitative estimate of drug-likeness (QED) is 0.554. The molecule has 2 rings (SSSR count). The first-order valence-electron chi connectivity index (χ1n) is 6.93. The maximum atomic E-state index is 5.70. The molecule has 0 saturated carbocycles. The minimum atomic E-state index is 0.855. The van der Waals surface area contributed by atoms with Crippen molar-refractivity contribution in [2.75, 3.05) is 38.6 Å². The Kier molecular flexibility index (Phi) is 6.62. The lowest BCUT2D eigenvalue weighted by atomic mass is 10.1. The van der Waals surface area contributed by atoms with Crippen molar-refractivity contribution >= 4 is 11.8 Å². The summed E-state index contributed by atoms with van der Waals surface area (Å²) in [5.41, 5.74) is 0. The Morgan fingerprint density at radius 2 is 1.78 bits per heavy atom. The van der Waals surface area contributed by atoms with E-state index < -0.39 is 0 Å². The van der Waals surface area contributed by atoms with Gasteiger partial charge in [0.2, 0.25) is 0 Å². The van der Waals surface area contributed by atoms with Gasteiger partial charge in [-0.1, -0.05) is 24.6 Å². The first-order chi connectivity index (χ1) is 8.95. The Bertz CT molecular complexity index is 312. The summed E-state index contributed by atoms with van der Waals surface area (Å²) in [5, 5.41) is 0. The SMILES string of the molecule is c1ccc(SCCOCCN2CCCCC2)cc1. The number of thioether (sulfide) groups is 1. The van der Waals surface area contributed by atoms with E-state index in [1.54, 1.807) is 0 Å². The normalized spacial score (nSPS) is 16.9. The molecule has 1 fully saturated rings. The van der Waals surface area contributed by atoms with Gasteiger partial charge in [0.25, 0.3) is 0 Å². The van der Waals surface area contributed by atoms with E-state index in [1.165, 1.54) is 37.2 Å². The smallest absolute Gasteiger partial charge is 0.0593 e. The molecular weight excluding hydrogens is 242 g/mol. The number of benzene rings is 1. The molecule has 3 heteroatoms. The molecule has 1 aliphatic heterocycles. The molecule has 0 aliphatic carbocycles. The van der Waals surface area contributed by atoms with Crippen molar-refractivity contribution in [1.29, 1.82) is 0 Å². The van der Waals surface area contributed by atoms with Crippen molar-refractivity contribution < 1.29 is 4.74 Å². The number of hydrogen-bond acceptors (Lipinski definition) is 3. The molecule has 0 N–H and O–H groups in total. The molecule has 0 amide bonds. The molecule has 0 atom stereocenters. The highest BCUT2D eigenvalue weighted by atomic mass is 32.2. The third kappa shape index (κ3) is 5.42.